The Hall–Kier alpha value is -0.0400. The molecular weight excluding hydrogens is 160 g/mol. The van der Waals surface area contributed by atoms with Gasteiger partial charge in [0, 0.05) is 7.11 Å². The highest BCUT2D eigenvalue weighted by molar-refractivity contribution is 4.58. The molecule has 0 aliphatic rings. The fraction of sp³-hybridized carbons (Fsp3) is 1.00. The van der Waals surface area contributed by atoms with E-state index in [1.54, 1.807) is 0 Å². The van der Waals surface area contributed by atoms with Crippen molar-refractivity contribution in [3.05, 3.63) is 0 Å². The van der Waals surface area contributed by atoms with E-state index in [-0.39, 0.29) is 0 Å². The van der Waals surface area contributed by atoms with E-state index in [0.717, 1.165) is 5.92 Å². The van der Waals surface area contributed by atoms with Crippen LogP contribution < -0.4 is 0 Å². The van der Waals surface area contributed by atoms with Gasteiger partial charge in [0.15, 0.2) is 0 Å². The first-order chi connectivity index (χ1) is 6.20. The third-order valence-electron chi connectivity index (χ3n) is 2.52. The topological polar surface area (TPSA) is 9.23 Å². The van der Waals surface area contributed by atoms with Crippen molar-refractivity contribution in [1.82, 2.24) is 0 Å². The van der Waals surface area contributed by atoms with E-state index >= 15 is 0 Å². The van der Waals surface area contributed by atoms with Crippen molar-refractivity contribution < 1.29 is 4.74 Å². The van der Waals surface area contributed by atoms with Gasteiger partial charge >= 0.3 is 0 Å². The van der Waals surface area contributed by atoms with Crippen molar-refractivity contribution in [3.63, 3.8) is 0 Å². The van der Waals surface area contributed by atoms with Crippen LogP contribution in [0.1, 0.15) is 59.3 Å². The second-order valence-corrected chi connectivity index (χ2v) is 4.32. The fourth-order valence-corrected chi connectivity index (χ4v) is 1.57. The van der Waals surface area contributed by atoms with E-state index in [0.29, 0.717) is 6.10 Å². The summed E-state index contributed by atoms with van der Waals surface area (Å²) in [7, 11) is 1.84. The van der Waals surface area contributed by atoms with Crippen LogP contribution in [0, 0.1) is 5.92 Å². The zero-order chi connectivity index (χ0) is 10.1. The minimum atomic E-state index is 0.513. The Morgan fingerprint density at radius 3 is 2.08 bits per heavy atom. The van der Waals surface area contributed by atoms with E-state index in [2.05, 4.69) is 20.8 Å². The molecule has 0 saturated carbocycles. The maximum absolute atomic E-state index is 5.43. The van der Waals surface area contributed by atoms with E-state index < -0.39 is 0 Å². The summed E-state index contributed by atoms with van der Waals surface area (Å²) in [6, 6.07) is 0. The molecule has 0 aliphatic carbocycles. The van der Waals surface area contributed by atoms with Crippen LogP contribution in [0.4, 0.5) is 0 Å². The number of unbranched alkanes of at least 4 members (excludes halogenated alkanes) is 1. The lowest BCUT2D eigenvalue weighted by Crippen LogP contribution is -2.10. The number of ether oxygens (including phenoxy) is 1. The molecule has 0 aromatic carbocycles. The highest BCUT2D eigenvalue weighted by Crippen LogP contribution is 2.14. The lowest BCUT2D eigenvalue weighted by Gasteiger charge is -2.15. The van der Waals surface area contributed by atoms with Crippen molar-refractivity contribution in [2.75, 3.05) is 7.11 Å². The minimum Gasteiger partial charge on any atom is -0.381 e. The smallest absolute Gasteiger partial charge is 0.0571 e. The maximum Gasteiger partial charge on any atom is 0.0571 e. The predicted molar refractivity (Wildman–Crippen MR) is 59.0 cm³/mol. The van der Waals surface area contributed by atoms with Gasteiger partial charge in [0.25, 0.3) is 0 Å². The molecule has 1 heteroatoms. The number of hydrogen-bond donors (Lipinski definition) is 0. The van der Waals surface area contributed by atoms with Gasteiger partial charge in [0.2, 0.25) is 0 Å². The van der Waals surface area contributed by atoms with Crippen LogP contribution in [0.25, 0.3) is 0 Å². The van der Waals surface area contributed by atoms with Gasteiger partial charge in [-0.3, -0.25) is 0 Å². The SMILES string of the molecule is CCCC[C@H](CCCC(C)C)OC. The minimum absolute atomic E-state index is 0.513. The van der Waals surface area contributed by atoms with Gasteiger partial charge in [-0.05, 0) is 18.8 Å². The van der Waals surface area contributed by atoms with Crippen molar-refractivity contribution in [2.24, 2.45) is 5.92 Å². The average Bonchev–Trinajstić information content (AvgIpc) is 2.10. The van der Waals surface area contributed by atoms with Gasteiger partial charge in [-0.25, -0.2) is 0 Å². The highest BCUT2D eigenvalue weighted by Gasteiger charge is 2.06. The zero-order valence-electron chi connectivity index (χ0n) is 9.81. The van der Waals surface area contributed by atoms with Crippen molar-refractivity contribution in [2.45, 2.75) is 65.4 Å². The third kappa shape index (κ3) is 8.29. The Morgan fingerprint density at radius 2 is 1.62 bits per heavy atom. The first kappa shape index (κ1) is 13.0. The first-order valence-corrected chi connectivity index (χ1v) is 5.73. The molecule has 0 N–H and O–H groups in total. The molecule has 1 atom stereocenters. The molecule has 0 unspecified atom stereocenters. The Balaban J connectivity index is 3.36. The lowest BCUT2D eigenvalue weighted by atomic mass is 10.0. The summed E-state index contributed by atoms with van der Waals surface area (Å²) in [4.78, 5) is 0. The van der Waals surface area contributed by atoms with Gasteiger partial charge < -0.3 is 4.74 Å². The van der Waals surface area contributed by atoms with Crippen LogP contribution in [0.15, 0.2) is 0 Å². The lowest BCUT2D eigenvalue weighted by molar-refractivity contribution is 0.0830. The van der Waals surface area contributed by atoms with E-state index in [1.165, 1.54) is 38.5 Å². The van der Waals surface area contributed by atoms with Crippen molar-refractivity contribution >= 4 is 0 Å². The molecule has 0 spiro atoms. The summed E-state index contributed by atoms with van der Waals surface area (Å²) in [5.74, 6) is 0.837. The molecule has 80 valence electrons. The molecule has 0 fully saturated rings. The molecule has 0 saturated heterocycles. The standard InChI is InChI=1S/C12H26O/c1-5-6-9-12(13-4)10-7-8-11(2)3/h11-12H,5-10H2,1-4H3/t12-/m1/s1. The van der Waals surface area contributed by atoms with Crippen LogP contribution >= 0.6 is 0 Å². The summed E-state index contributed by atoms with van der Waals surface area (Å²) >= 11 is 0. The molecule has 0 radical (unpaired) electrons. The average molecular weight is 186 g/mol. The third-order valence-corrected chi connectivity index (χ3v) is 2.52. The second-order valence-electron chi connectivity index (χ2n) is 4.32. The predicted octanol–water partition coefficient (Wildman–Crippen LogP) is 4.02. The number of hydrogen-bond acceptors (Lipinski definition) is 1. The molecule has 13 heavy (non-hydrogen) atoms. The zero-order valence-corrected chi connectivity index (χ0v) is 9.81. The molecular formula is C12H26O. The maximum atomic E-state index is 5.43. The molecule has 0 aromatic rings. The molecule has 0 aromatic heterocycles. The Labute approximate surface area is 83.9 Å². The number of rotatable bonds is 8. The molecule has 1 nitrogen and oxygen atoms in total. The van der Waals surface area contributed by atoms with Gasteiger partial charge in [-0.15, -0.1) is 0 Å². The molecule has 0 amide bonds. The van der Waals surface area contributed by atoms with Gasteiger partial charge in [0.1, 0.15) is 0 Å². The van der Waals surface area contributed by atoms with Crippen LogP contribution in [0.5, 0.6) is 0 Å². The van der Waals surface area contributed by atoms with Gasteiger partial charge in [0.05, 0.1) is 6.10 Å². The summed E-state index contributed by atoms with van der Waals surface area (Å²) < 4.78 is 5.43. The van der Waals surface area contributed by atoms with Crippen molar-refractivity contribution in [3.8, 4) is 0 Å². The summed E-state index contributed by atoms with van der Waals surface area (Å²) in [5, 5.41) is 0. The van der Waals surface area contributed by atoms with Gasteiger partial charge in [-0.1, -0.05) is 46.5 Å². The molecule has 0 aliphatic heterocycles. The highest BCUT2D eigenvalue weighted by atomic mass is 16.5. The quantitative estimate of drug-likeness (QED) is 0.556. The Morgan fingerprint density at radius 1 is 1.00 bits per heavy atom. The monoisotopic (exact) mass is 186 g/mol. The van der Waals surface area contributed by atoms with Gasteiger partial charge in [-0.2, -0.15) is 0 Å². The second kappa shape index (κ2) is 8.55. The number of methoxy groups -OCH3 is 1. The van der Waals surface area contributed by atoms with E-state index in [4.69, 9.17) is 4.74 Å². The molecule has 0 bridgehead atoms. The van der Waals surface area contributed by atoms with E-state index in [9.17, 15) is 0 Å². The summed E-state index contributed by atoms with van der Waals surface area (Å²) in [5.41, 5.74) is 0. The Bertz CT molecular complexity index is 99.3. The molecule has 0 rings (SSSR count). The molecule has 0 heterocycles. The van der Waals surface area contributed by atoms with Crippen molar-refractivity contribution in [1.29, 1.82) is 0 Å². The van der Waals surface area contributed by atoms with E-state index in [1.807, 2.05) is 7.11 Å². The first-order valence-electron chi connectivity index (χ1n) is 5.73. The Kier molecular flexibility index (Phi) is 8.53. The van der Waals surface area contributed by atoms with Crippen LogP contribution in [0.2, 0.25) is 0 Å². The van der Waals surface area contributed by atoms with Crippen LogP contribution in [-0.4, -0.2) is 13.2 Å². The fourth-order valence-electron chi connectivity index (χ4n) is 1.57. The normalized spacial score (nSPS) is 13.6. The largest absolute Gasteiger partial charge is 0.381 e. The van der Waals surface area contributed by atoms with Crippen LogP contribution in [-0.2, 0) is 4.74 Å². The summed E-state index contributed by atoms with van der Waals surface area (Å²) in [6.07, 6.45) is 8.24. The summed E-state index contributed by atoms with van der Waals surface area (Å²) in [6.45, 7) is 6.81. The van der Waals surface area contributed by atoms with Crippen LogP contribution in [0.3, 0.4) is 0 Å².